The highest BCUT2D eigenvalue weighted by molar-refractivity contribution is 5.80. The number of unbranched alkanes of at least 4 members (excludes halogenated alkanes) is 2. The summed E-state index contributed by atoms with van der Waals surface area (Å²) < 4.78 is 4.84. The summed E-state index contributed by atoms with van der Waals surface area (Å²) in [4.78, 5) is 18.2. The van der Waals surface area contributed by atoms with E-state index in [1.807, 2.05) is 7.05 Å². The third-order valence-corrected chi connectivity index (χ3v) is 4.81. The van der Waals surface area contributed by atoms with Crippen LogP contribution < -0.4 is 5.32 Å². The predicted octanol–water partition coefficient (Wildman–Crippen LogP) is 2.86. The van der Waals surface area contributed by atoms with Crippen LogP contribution in [-0.4, -0.2) is 50.6 Å². The van der Waals surface area contributed by atoms with Crippen LogP contribution in [0.2, 0.25) is 0 Å². The maximum absolute atomic E-state index is 11.6. The lowest BCUT2D eigenvalue weighted by molar-refractivity contribution is -0.146. The zero-order chi connectivity index (χ0) is 17.9. The molecule has 1 aromatic carbocycles. The predicted molar refractivity (Wildman–Crippen MR) is 102 cm³/mol. The average Bonchev–Trinajstić information content (AvgIpc) is 2.68. The molecule has 138 valence electrons. The molecule has 1 heterocycles. The van der Waals surface area contributed by atoms with Crippen LogP contribution in [0, 0.1) is 5.92 Å². The lowest BCUT2D eigenvalue weighted by atomic mass is 9.97. The summed E-state index contributed by atoms with van der Waals surface area (Å²) in [6.45, 7) is 2.65. The van der Waals surface area contributed by atoms with E-state index in [-0.39, 0.29) is 11.9 Å². The third-order valence-electron chi connectivity index (χ3n) is 4.81. The van der Waals surface area contributed by atoms with Crippen molar-refractivity contribution >= 4 is 11.9 Å². The van der Waals surface area contributed by atoms with Crippen LogP contribution in [0.5, 0.6) is 0 Å². The number of guanidine groups is 1. The van der Waals surface area contributed by atoms with E-state index in [2.05, 4.69) is 45.5 Å². The monoisotopic (exact) mass is 345 g/mol. The molecule has 5 heteroatoms. The first-order chi connectivity index (χ1) is 12.2. The number of aryl methyl sites for hydroxylation is 1. The SMILES string of the molecule is CN=C(NCCCCCc1ccccc1)N1CCC(C(=O)OC)CC1. The van der Waals surface area contributed by atoms with Crippen molar-refractivity contribution in [1.82, 2.24) is 10.2 Å². The largest absolute Gasteiger partial charge is 0.469 e. The van der Waals surface area contributed by atoms with Crippen molar-refractivity contribution in [3.63, 3.8) is 0 Å². The molecule has 0 aliphatic carbocycles. The normalized spacial score (nSPS) is 15.9. The Morgan fingerprint density at radius 1 is 1.20 bits per heavy atom. The molecule has 0 bridgehead atoms. The number of hydrogen-bond acceptors (Lipinski definition) is 3. The van der Waals surface area contributed by atoms with E-state index >= 15 is 0 Å². The Kier molecular flexibility index (Phi) is 8.29. The molecule has 0 aromatic heterocycles. The van der Waals surface area contributed by atoms with E-state index < -0.39 is 0 Å². The maximum atomic E-state index is 11.6. The molecule has 0 atom stereocenters. The first kappa shape index (κ1) is 19.3. The van der Waals surface area contributed by atoms with Crippen molar-refractivity contribution in [1.29, 1.82) is 0 Å². The van der Waals surface area contributed by atoms with Gasteiger partial charge in [0.25, 0.3) is 0 Å². The van der Waals surface area contributed by atoms with Gasteiger partial charge in [-0.15, -0.1) is 0 Å². The Morgan fingerprint density at radius 3 is 2.56 bits per heavy atom. The fraction of sp³-hybridized carbons (Fsp3) is 0.600. The molecule has 5 nitrogen and oxygen atoms in total. The van der Waals surface area contributed by atoms with Gasteiger partial charge < -0.3 is 15.0 Å². The second-order valence-electron chi connectivity index (χ2n) is 6.55. The van der Waals surface area contributed by atoms with Crippen molar-refractivity contribution in [2.45, 2.75) is 38.5 Å². The molecular weight excluding hydrogens is 314 g/mol. The lowest BCUT2D eigenvalue weighted by Gasteiger charge is -2.33. The number of methoxy groups -OCH3 is 1. The molecule has 0 unspecified atom stereocenters. The molecule has 25 heavy (non-hydrogen) atoms. The summed E-state index contributed by atoms with van der Waals surface area (Å²) in [6.07, 6.45) is 6.40. The van der Waals surface area contributed by atoms with Gasteiger partial charge in [-0.3, -0.25) is 9.79 Å². The van der Waals surface area contributed by atoms with Gasteiger partial charge >= 0.3 is 5.97 Å². The van der Waals surface area contributed by atoms with Gasteiger partial charge in [0.2, 0.25) is 0 Å². The number of ether oxygens (including phenoxy) is 1. The molecule has 1 fully saturated rings. The van der Waals surface area contributed by atoms with E-state index in [9.17, 15) is 4.79 Å². The molecule has 0 saturated carbocycles. The summed E-state index contributed by atoms with van der Waals surface area (Å²) in [6, 6.07) is 10.7. The van der Waals surface area contributed by atoms with E-state index in [1.54, 1.807) is 0 Å². The Bertz CT molecular complexity index is 537. The average molecular weight is 345 g/mol. The zero-order valence-corrected chi connectivity index (χ0v) is 15.5. The highest BCUT2D eigenvalue weighted by atomic mass is 16.5. The quantitative estimate of drug-likeness (QED) is 0.357. The Hall–Kier alpha value is -2.04. The number of aliphatic imine (C=N–C) groups is 1. The minimum Gasteiger partial charge on any atom is -0.469 e. The molecule has 2 rings (SSSR count). The highest BCUT2D eigenvalue weighted by Crippen LogP contribution is 2.18. The topological polar surface area (TPSA) is 53.9 Å². The van der Waals surface area contributed by atoms with Gasteiger partial charge in [0.15, 0.2) is 5.96 Å². The Balaban J connectivity index is 1.60. The number of carbonyl (C=O) groups excluding carboxylic acids is 1. The number of carbonyl (C=O) groups is 1. The number of hydrogen-bond donors (Lipinski definition) is 1. The van der Waals surface area contributed by atoms with Crippen LogP contribution in [0.3, 0.4) is 0 Å². The van der Waals surface area contributed by atoms with Gasteiger partial charge in [-0.1, -0.05) is 36.8 Å². The van der Waals surface area contributed by atoms with Crippen LogP contribution in [-0.2, 0) is 16.0 Å². The second-order valence-corrected chi connectivity index (χ2v) is 6.55. The fourth-order valence-corrected chi connectivity index (χ4v) is 3.30. The minimum absolute atomic E-state index is 0.0392. The lowest BCUT2D eigenvalue weighted by Crippen LogP contribution is -2.46. The summed E-state index contributed by atoms with van der Waals surface area (Å²) >= 11 is 0. The molecule has 0 spiro atoms. The van der Waals surface area contributed by atoms with Crippen molar-refractivity contribution in [3.8, 4) is 0 Å². The molecule has 1 aliphatic rings. The van der Waals surface area contributed by atoms with Crippen molar-refractivity contribution in [2.75, 3.05) is 33.8 Å². The van der Waals surface area contributed by atoms with Gasteiger partial charge in [-0.05, 0) is 37.7 Å². The second kappa shape index (κ2) is 10.7. The number of rotatable bonds is 7. The fourth-order valence-electron chi connectivity index (χ4n) is 3.30. The van der Waals surface area contributed by atoms with Crippen LogP contribution in [0.25, 0.3) is 0 Å². The van der Waals surface area contributed by atoms with Gasteiger partial charge in [0, 0.05) is 26.7 Å². The Morgan fingerprint density at radius 2 is 1.92 bits per heavy atom. The molecular formula is C20H31N3O2. The van der Waals surface area contributed by atoms with Crippen LogP contribution >= 0.6 is 0 Å². The van der Waals surface area contributed by atoms with E-state index in [1.165, 1.54) is 25.5 Å². The maximum Gasteiger partial charge on any atom is 0.308 e. The van der Waals surface area contributed by atoms with E-state index in [4.69, 9.17) is 4.74 Å². The number of esters is 1. The van der Waals surface area contributed by atoms with Crippen LogP contribution in [0.1, 0.15) is 37.7 Å². The minimum atomic E-state index is -0.0824. The number of piperidine rings is 1. The number of likely N-dealkylation sites (tertiary alicyclic amines) is 1. The van der Waals surface area contributed by atoms with Crippen molar-refractivity contribution in [3.05, 3.63) is 35.9 Å². The van der Waals surface area contributed by atoms with Gasteiger partial charge in [0.05, 0.1) is 13.0 Å². The van der Waals surface area contributed by atoms with E-state index in [0.717, 1.165) is 51.3 Å². The smallest absolute Gasteiger partial charge is 0.308 e. The summed E-state index contributed by atoms with van der Waals surface area (Å²) in [5, 5.41) is 3.46. The Labute approximate surface area is 151 Å². The van der Waals surface area contributed by atoms with Gasteiger partial charge in [-0.25, -0.2) is 0 Å². The third kappa shape index (κ3) is 6.40. The van der Waals surface area contributed by atoms with Crippen LogP contribution in [0.15, 0.2) is 35.3 Å². The summed E-state index contributed by atoms with van der Waals surface area (Å²) in [5.41, 5.74) is 1.42. The molecule has 0 radical (unpaired) electrons. The van der Waals surface area contributed by atoms with Gasteiger partial charge in [-0.2, -0.15) is 0 Å². The highest BCUT2D eigenvalue weighted by Gasteiger charge is 2.26. The van der Waals surface area contributed by atoms with E-state index in [0.29, 0.717) is 0 Å². The number of nitrogens with zero attached hydrogens (tertiary/aromatic N) is 2. The first-order valence-electron chi connectivity index (χ1n) is 9.32. The standard InChI is InChI=1S/C20H31N3O2/c1-21-20(23-15-12-18(13-16-23)19(24)25-2)22-14-8-4-7-11-17-9-5-3-6-10-17/h3,5-6,9-10,18H,4,7-8,11-16H2,1-2H3,(H,21,22). The molecule has 0 amide bonds. The van der Waals surface area contributed by atoms with Crippen LogP contribution in [0.4, 0.5) is 0 Å². The molecule has 1 aliphatic heterocycles. The molecule has 1 N–H and O–H groups in total. The number of benzene rings is 1. The molecule has 1 aromatic rings. The van der Waals surface area contributed by atoms with Crippen molar-refractivity contribution < 1.29 is 9.53 Å². The zero-order valence-electron chi connectivity index (χ0n) is 15.5. The van der Waals surface area contributed by atoms with Crippen molar-refractivity contribution in [2.24, 2.45) is 10.9 Å². The summed E-state index contributed by atoms with van der Waals surface area (Å²) in [7, 11) is 3.29. The first-order valence-corrected chi connectivity index (χ1v) is 9.32. The van der Waals surface area contributed by atoms with Gasteiger partial charge in [0.1, 0.15) is 0 Å². The molecule has 1 saturated heterocycles. The number of nitrogens with one attached hydrogen (secondary N) is 1. The summed E-state index contributed by atoms with van der Waals surface area (Å²) in [5.74, 6) is 0.907.